The molecular weight excluding hydrogens is 300 g/mol. The predicted molar refractivity (Wildman–Crippen MR) is 96.3 cm³/mol. The van der Waals surface area contributed by atoms with Crippen LogP contribution in [-0.4, -0.2) is 15.8 Å². The monoisotopic (exact) mass is 320 g/mol. The fourth-order valence-electron chi connectivity index (χ4n) is 2.39. The highest BCUT2D eigenvalue weighted by Crippen LogP contribution is 2.14. The van der Waals surface area contributed by atoms with Gasteiger partial charge in [-0.15, -0.1) is 0 Å². The standard InChI is InChI=1S/C19H20N4O/c1-14-7-9-16(10-8-14)12-23-13-17(11-20-23)21-19(24)22-18-6-4-3-5-15(18)2/h3-11,13H,12H2,1-2H3,(H2,21,22,24). The van der Waals surface area contributed by atoms with E-state index in [0.29, 0.717) is 12.2 Å². The number of hydrogen-bond acceptors (Lipinski definition) is 2. The number of benzene rings is 2. The Labute approximate surface area is 141 Å². The van der Waals surface area contributed by atoms with Crippen LogP contribution < -0.4 is 10.6 Å². The van der Waals surface area contributed by atoms with Crippen LogP contribution in [0.4, 0.5) is 16.2 Å². The normalized spacial score (nSPS) is 10.4. The van der Waals surface area contributed by atoms with Gasteiger partial charge in [0, 0.05) is 11.9 Å². The summed E-state index contributed by atoms with van der Waals surface area (Å²) in [6.45, 7) is 4.68. The van der Waals surface area contributed by atoms with Gasteiger partial charge in [-0.25, -0.2) is 4.79 Å². The van der Waals surface area contributed by atoms with E-state index < -0.39 is 0 Å². The van der Waals surface area contributed by atoms with E-state index in [1.54, 1.807) is 10.9 Å². The number of nitrogens with zero attached hydrogens (tertiary/aromatic N) is 2. The molecule has 0 atom stereocenters. The second kappa shape index (κ2) is 7.00. The molecule has 0 aliphatic carbocycles. The largest absolute Gasteiger partial charge is 0.323 e. The molecule has 0 fully saturated rings. The van der Waals surface area contributed by atoms with E-state index >= 15 is 0 Å². The third-order valence-electron chi connectivity index (χ3n) is 3.75. The maximum Gasteiger partial charge on any atom is 0.323 e. The molecule has 0 unspecified atom stereocenters. The Morgan fingerprint density at radius 1 is 1.04 bits per heavy atom. The fraction of sp³-hybridized carbons (Fsp3) is 0.158. The molecule has 0 saturated heterocycles. The molecular formula is C19H20N4O. The van der Waals surface area contributed by atoms with Crippen molar-refractivity contribution in [3.8, 4) is 0 Å². The van der Waals surface area contributed by atoms with Crippen molar-refractivity contribution in [2.45, 2.75) is 20.4 Å². The summed E-state index contributed by atoms with van der Waals surface area (Å²) in [5, 5.41) is 9.92. The van der Waals surface area contributed by atoms with Crippen molar-refractivity contribution in [3.05, 3.63) is 77.6 Å². The molecule has 3 rings (SSSR count). The molecule has 2 N–H and O–H groups in total. The number of carbonyl (C=O) groups excluding carboxylic acids is 1. The predicted octanol–water partition coefficient (Wildman–Crippen LogP) is 4.19. The molecule has 0 aliphatic heterocycles. The Morgan fingerprint density at radius 3 is 2.54 bits per heavy atom. The van der Waals surface area contributed by atoms with Crippen molar-refractivity contribution in [2.24, 2.45) is 0 Å². The van der Waals surface area contributed by atoms with Crippen molar-refractivity contribution in [1.82, 2.24) is 9.78 Å². The Kier molecular flexibility index (Phi) is 4.61. The van der Waals surface area contributed by atoms with Crippen molar-refractivity contribution in [2.75, 3.05) is 10.6 Å². The van der Waals surface area contributed by atoms with E-state index in [0.717, 1.165) is 11.3 Å². The highest BCUT2D eigenvalue weighted by Gasteiger charge is 2.06. The molecule has 3 aromatic rings. The summed E-state index contributed by atoms with van der Waals surface area (Å²) in [5.41, 5.74) is 4.87. The van der Waals surface area contributed by atoms with E-state index in [4.69, 9.17) is 0 Å². The number of anilines is 2. The average molecular weight is 320 g/mol. The number of amides is 2. The number of aryl methyl sites for hydroxylation is 2. The van der Waals surface area contributed by atoms with Gasteiger partial charge in [0.2, 0.25) is 0 Å². The summed E-state index contributed by atoms with van der Waals surface area (Å²) in [7, 11) is 0. The summed E-state index contributed by atoms with van der Waals surface area (Å²) in [6, 6.07) is 15.7. The first-order valence-corrected chi connectivity index (χ1v) is 7.82. The molecule has 2 amide bonds. The molecule has 2 aromatic carbocycles. The number of aromatic nitrogens is 2. The molecule has 122 valence electrons. The number of nitrogens with one attached hydrogen (secondary N) is 2. The smallest absolute Gasteiger partial charge is 0.307 e. The lowest BCUT2D eigenvalue weighted by Gasteiger charge is -2.08. The van der Waals surface area contributed by atoms with Gasteiger partial charge in [-0.05, 0) is 31.0 Å². The van der Waals surface area contributed by atoms with Gasteiger partial charge < -0.3 is 10.6 Å². The van der Waals surface area contributed by atoms with Gasteiger partial charge in [0.25, 0.3) is 0 Å². The Morgan fingerprint density at radius 2 is 1.79 bits per heavy atom. The van der Waals surface area contributed by atoms with Crippen LogP contribution in [0, 0.1) is 13.8 Å². The Balaban J connectivity index is 1.60. The van der Waals surface area contributed by atoms with Crippen LogP contribution in [0.3, 0.4) is 0 Å². The Bertz CT molecular complexity index is 837. The van der Waals surface area contributed by atoms with Crippen molar-refractivity contribution in [3.63, 3.8) is 0 Å². The molecule has 1 heterocycles. The van der Waals surface area contributed by atoms with E-state index in [9.17, 15) is 4.79 Å². The number of hydrogen-bond donors (Lipinski definition) is 2. The molecule has 24 heavy (non-hydrogen) atoms. The molecule has 5 nitrogen and oxygen atoms in total. The van der Waals surface area contributed by atoms with E-state index in [1.807, 2.05) is 37.4 Å². The van der Waals surface area contributed by atoms with Crippen LogP contribution in [0.15, 0.2) is 60.9 Å². The number of urea groups is 1. The van der Waals surface area contributed by atoms with Gasteiger partial charge in [0.15, 0.2) is 0 Å². The molecule has 0 spiro atoms. The molecule has 5 heteroatoms. The van der Waals surface area contributed by atoms with Gasteiger partial charge >= 0.3 is 6.03 Å². The van der Waals surface area contributed by atoms with Gasteiger partial charge in [0.1, 0.15) is 0 Å². The highest BCUT2D eigenvalue weighted by atomic mass is 16.2. The van der Waals surface area contributed by atoms with Gasteiger partial charge in [0.05, 0.1) is 18.4 Å². The molecule has 0 radical (unpaired) electrons. The van der Waals surface area contributed by atoms with Crippen LogP contribution in [0.2, 0.25) is 0 Å². The van der Waals surface area contributed by atoms with Crippen molar-refractivity contribution in [1.29, 1.82) is 0 Å². The van der Waals surface area contributed by atoms with Crippen LogP contribution in [0.5, 0.6) is 0 Å². The van der Waals surface area contributed by atoms with Gasteiger partial charge in [-0.3, -0.25) is 4.68 Å². The third kappa shape index (κ3) is 4.01. The minimum absolute atomic E-state index is 0.279. The summed E-state index contributed by atoms with van der Waals surface area (Å²) in [6.07, 6.45) is 3.46. The zero-order chi connectivity index (χ0) is 16.9. The summed E-state index contributed by atoms with van der Waals surface area (Å²) >= 11 is 0. The third-order valence-corrected chi connectivity index (χ3v) is 3.75. The SMILES string of the molecule is Cc1ccc(Cn2cc(NC(=O)Nc3ccccc3C)cn2)cc1. The quantitative estimate of drug-likeness (QED) is 0.757. The van der Waals surface area contributed by atoms with Crippen LogP contribution in [0.1, 0.15) is 16.7 Å². The molecule has 1 aromatic heterocycles. The van der Waals surface area contributed by atoms with E-state index in [-0.39, 0.29) is 6.03 Å². The fourth-order valence-corrected chi connectivity index (χ4v) is 2.39. The second-order valence-electron chi connectivity index (χ2n) is 5.81. The summed E-state index contributed by atoms with van der Waals surface area (Å²) in [4.78, 5) is 12.1. The average Bonchev–Trinajstić information content (AvgIpc) is 2.99. The Hall–Kier alpha value is -3.08. The topological polar surface area (TPSA) is 59.0 Å². The van der Waals surface area contributed by atoms with Crippen LogP contribution in [-0.2, 0) is 6.54 Å². The number of carbonyl (C=O) groups is 1. The molecule has 0 bridgehead atoms. The van der Waals surface area contributed by atoms with Gasteiger partial charge in [-0.1, -0.05) is 48.0 Å². The van der Waals surface area contributed by atoms with Crippen LogP contribution >= 0.6 is 0 Å². The zero-order valence-corrected chi connectivity index (χ0v) is 13.8. The first-order valence-electron chi connectivity index (χ1n) is 7.82. The first-order chi connectivity index (χ1) is 11.6. The lowest BCUT2D eigenvalue weighted by Crippen LogP contribution is -2.19. The lowest BCUT2D eigenvalue weighted by atomic mass is 10.1. The van der Waals surface area contributed by atoms with Crippen molar-refractivity contribution >= 4 is 17.4 Å². The minimum atomic E-state index is -0.279. The minimum Gasteiger partial charge on any atom is -0.307 e. The number of para-hydroxylation sites is 1. The zero-order valence-electron chi connectivity index (χ0n) is 13.8. The number of rotatable bonds is 4. The van der Waals surface area contributed by atoms with Crippen LogP contribution in [0.25, 0.3) is 0 Å². The second-order valence-corrected chi connectivity index (χ2v) is 5.81. The van der Waals surface area contributed by atoms with Crippen molar-refractivity contribution < 1.29 is 4.79 Å². The lowest BCUT2D eigenvalue weighted by molar-refractivity contribution is 0.262. The summed E-state index contributed by atoms with van der Waals surface area (Å²) < 4.78 is 1.80. The molecule has 0 saturated carbocycles. The maximum atomic E-state index is 12.1. The molecule has 0 aliphatic rings. The maximum absolute atomic E-state index is 12.1. The first kappa shape index (κ1) is 15.8. The van der Waals surface area contributed by atoms with E-state index in [2.05, 4.69) is 46.9 Å². The summed E-state index contributed by atoms with van der Waals surface area (Å²) in [5.74, 6) is 0. The van der Waals surface area contributed by atoms with E-state index in [1.165, 1.54) is 11.1 Å². The van der Waals surface area contributed by atoms with Gasteiger partial charge in [-0.2, -0.15) is 5.10 Å². The highest BCUT2D eigenvalue weighted by molar-refractivity contribution is 6.00.